The van der Waals surface area contributed by atoms with Gasteiger partial charge in [-0.1, -0.05) is 32.8 Å². The molecule has 0 bridgehead atoms. The minimum absolute atomic E-state index is 0.0465. The molecule has 1 unspecified atom stereocenters. The molecule has 1 rings (SSSR count). The van der Waals surface area contributed by atoms with E-state index in [1.807, 2.05) is 6.08 Å². The Morgan fingerprint density at radius 2 is 1.88 bits per heavy atom. The minimum atomic E-state index is -0.0465. The van der Waals surface area contributed by atoms with Gasteiger partial charge in [0.2, 0.25) is 0 Å². The lowest BCUT2D eigenvalue weighted by molar-refractivity contribution is 0.0497. The minimum Gasteiger partial charge on any atom is -0.393 e. The molecule has 0 saturated heterocycles. The zero-order chi connectivity index (χ0) is 12.7. The Morgan fingerprint density at radius 1 is 1.24 bits per heavy atom. The average molecular weight is 238 g/mol. The largest absolute Gasteiger partial charge is 0.393 e. The van der Waals surface area contributed by atoms with Gasteiger partial charge in [-0.3, -0.25) is 0 Å². The molecule has 1 fully saturated rings. The second-order valence-corrected chi connectivity index (χ2v) is 6.50. The summed E-state index contributed by atoms with van der Waals surface area (Å²) in [7, 11) is 0. The summed E-state index contributed by atoms with van der Waals surface area (Å²) in [6.45, 7) is 8.44. The van der Waals surface area contributed by atoms with Crippen molar-refractivity contribution in [1.29, 1.82) is 0 Å². The van der Waals surface area contributed by atoms with Crippen LogP contribution in [-0.4, -0.2) is 11.2 Å². The van der Waals surface area contributed by atoms with Crippen LogP contribution in [0.15, 0.2) is 12.7 Å². The quantitative estimate of drug-likeness (QED) is 0.503. The first-order valence-electron chi connectivity index (χ1n) is 7.34. The molecule has 1 atom stereocenters. The Morgan fingerprint density at radius 3 is 2.47 bits per heavy atom. The summed E-state index contributed by atoms with van der Waals surface area (Å²) in [5, 5.41) is 10.2. The highest BCUT2D eigenvalue weighted by Crippen LogP contribution is 2.39. The molecule has 0 spiro atoms. The molecule has 1 aliphatic carbocycles. The van der Waals surface area contributed by atoms with Crippen molar-refractivity contribution in [2.75, 3.05) is 0 Å². The maximum absolute atomic E-state index is 10.2. The van der Waals surface area contributed by atoms with Gasteiger partial charge in [-0.2, -0.15) is 0 Å². The standard InChI is InChI=1S/C16H30O/c1-4-5-6-7-8-9-15(17)14-10-12-16(2,3)13-11-14/h4,14-15,17H,1,5-13H2,2-3H3. The van der Waals surface area contributed by atoms with Crippen LogP contribution < -0.4 is 0 Å². The van der Waals surface area contributed by atoms with Crippen molar-refractivity contribution < 1.29 is 5.11 Å². The van der Waals surface area contributed by atoms with Crippen LogP contribution in [0.25, 0.3) is 0 Å². The third-order valence-electron chi connectivity index (χ3n) is 4.34. The van der Waals surface area contributed by atoms with Crippen molar-refractivity contribution in [3.05, 3.63) is 12.7 Å². The summed E-state index contributed by atoms with van der Waals surface area (Å²) in [4.78, 5) is 0. The smallest absolute Gasteiger partial charge is 0.0568 e. The molecule has 1 aliphatic rings. The fraction of sp³-hybridized carbons (Fsp3) is 0.875. The van der Waals surface area contributed by atoms with Crippen molar-refractivity contribution >= 4 is 0 Å². The van der Waals surface area contributed by atoms with Crippen LogP contribution in [0.1, 0.15) is 71.6 Å². The molecule has 0 heterocycles. The van der Waals surface area contributed by atoms with E-state index in [4.69, 9.17) is 0 Å². The van der Waals surface area contributed by atoms with Gasteiger partial charge in [0.1, 0.15) is 0 Å². The van der Waals surface area contributed by atoms with E-state index in [9.17, 15) is 5.11 Å². The van der Waals surface area contributed by atoms with E-state index in [1.165, 1.54) is 44.9 Å². The van der Waals surface area contributed by atoms with Crippen molar-refractivity contribution in [1.82, 2.24) is 0 Å². The highest BCUT2D eigenvalue weighted by molar-refractivity contribution is 4.81. The van der Waals surface area contributed by atoms with Crippen LogP contribution in [-0.2, 0) is 0 Å². The topological polar surface area (TPSA) is 20.2 Å². The Hall–Kier alpha value is -0.300. The zero-order valence-electron chi connectivity index (χ0n) is 11.8. The predicted octanol–water partition coefficient (Wildman–Crippen LogP) is 4.70. The third kappa shape index (κ3) is 5.72. The average Bonchev–Trinajstić information content (AvgIpc) is 2.28. The van der Waals surface area contributed by atoms with Crippen molar-refractivity contribution in [2.45, 2.75) is 77.7 Å². The highest BCUT2D eigenvalue weighted by atomic mass is 16.3. The number of aliphatic hydroxyl groups excluding tert-OH is 1. The van der Waals surface area contributed by atoms with E-state index in [1.54, 1.807) is 0 Å². The van der Waals surface area contributed by atoms with Gasteiger partial charge in [0.25, 0.3) is 0 Å². The van der Waals surface area contributed by atoms with Gasteiger partial charge in [0, 0.05) is 0 Å². The Balaban J connectivity index is 2.11. The van der Waals surface area contributed by atoms with Crippen LogP contribution in [0.2, 0.25) is 0 Å². The summed E-state index contributed by atoms with van der Waals surface area (Å²) in [5.41, 5.74) is 0.514. The Labute approximate surface area is 107 Å². The van der Waals surface area contributed by atoms with Crippen molar-refractivity contribution in [2.24, 2.45) is 11.3 Å². The van der Waals surface area contributed by atoms with Gasteiger partial charge in [0.05, 0.1) is 6.10 Å². The van der Waals surface area contributed by atoms with E-state index in [2.05, 4.69) is 20.4 Å². The Kier molecular flexibility index (Phi) is 6.26. The van der Waals surface area contributed by atoms with E-state index in [0.717, 1.165) is 12.8 Å². The normalized spacial score (nSPS) is 22.3. The van der Waals surface area contributed by atoms with Crippen LogP contribution in [0.3, 0.4) is 0 Å². The van der Waals surface area contributed by atoms with Crippen molar-refractivity contribution in [3.8, 4) is 0 Å². The van der Waals surface area contributed by atoms with Crippen LogP contribution in [0, 0.1) is 11.3 Å². The van der Waals surface area contributed by atoms with E-state index in [-0.39, 0.29) is 6.10 Å². The van der Waals surface area contributed by atoms with Gasteiger partial charge in [-0.25, -0.2) is 0 Å². The number of aliphatic hydroxyl groups is 1. The molecule has 1 N–H and O–H groups in total. The summed E-state index contributed by atoms with van der Waals surface area (Å²) in [6, 6.07) is 0. The second-order valence-electron chi connectivity index (χ2n) is 6.50. The summed E-state index contributed by atoms with van der Waals surface area (Å²) < 4.78 is 0. The van der Waals surface area contributed by atoms with Gasteiger partial charge in [-0.15, -0.1) is 6.58 Å². The van der Waals surface area contributed by atoms with E-state index in [0.29, 0.717) is 11.3 Å². The van der Waals surface area contributed by atoms with Crippen LogP contribution in [0.5, 0.6) is 0 Å². The van der Waals surface area contributed by atoms with Gasteiger partial charge >= 0.3 is 0 Å². The van der Waals surface area contributed by atoms with E-state index < -0.39 is 0 Å². The lowest BCUT2D eigenvalue weighted by Crippen LogP contribution is -2.29. The molecule has 0 aromatic rings. The summed E-state index contributed by atoms with van der Waals surface area (Å²) in [6.07, 6.45) is 12.7. The molecule has 1 saturated carbocycles. The van der Waals surface area contributed by atoms with Gasteiger partial charge in [-0.05, 0) is 56.3 Å². The Bertz CT molecular complexity index is 210. The van der Waals surface area contributed by atoms with E-state index >= 15 is 0 Å². The molecule has 0 radical (unpaired) electrons. The number of hydrogen-bond acceptors (Lipinski definition) is 1. The van der Waals surface area contributed by atoms with Crippen molar-refractivity contribution in [3.63, 3.8) is 0 Å². The number of unbranched alkanes of at least 4 members (excludes halogenated alkanes) is 3. The monoisotopic (exact) mass is 238 g/mol. The number of hydrogen-bond donors (Lipinski definition) is 1. The maximum atomic E-state index is 10.2. The van der Waals surface area contributed by atoms with Crippen LogP contribution in [0.4, 0.5) is 0 Å². The lowest BCUT2D eigenvalue weighted by Gasteiger charge is -2.36. The maximum Gasteiger partial charge on any atom is 0.0568 e. The SMILES string of the molecule is C=CCCCCCC(O)C1CCC(C)(C)CC1. The molecule has 17 heavy (non-hydrogen) atoms. The first-order valence-corrected chi connectivity index (χ1v) is 7.34. The molecule has 1 heteroatoms. The molecule has 0 aliphatic heterocycles. The molecule has 100 valence electrons. The molecule has 1 nitrogen and oxygen atoms in total. The summed E-state index contributed by atoms with van der Waals surface area (Å²) in [5.74, 6) is 0.572. The number of allylic oxidation sites excluding steroid dienone is 1. The molecule has 0 amide bonds. The third-order valence-corrected chi connectivity index (χ3v) is 4.34. The molecular weight excluding hydrogens is 208 g/mol. The fourth-order valence-electron chi connectivity index (χ4n) is 2.86. The molecular formula is C16H30O. The van der Waals surface area contributed by atoms with Gasteiger partial charge < -0.3 is 5.11 Å². The highest BCUT2D eigenvalue weighted by Gasteiger charge is 2.30. The first-order chi connectivity index (χ1) is 8.05. The fourth-order valence-corrected chi connectivity index (χ4v) is 2.86. The van der Waals surface area contributed by atoms with Gasteiger partial charge in [0.15, 0.2) is 0 Å². The summed E-state index contributed by atoms with van der Waals surface area (Å²) >= 11 is 0. The zero-order valence-corrected chi connectivity index (χ0v) is 11.8. The molecule has 0 aromatic carbocycles. The lowest BCUT2D eigenvalue weighted by atomic mass is 9.71. The van der Waals surface area contributed by atoms with Crippen LogP contribution >= 0.6 is 0 Å². The first kappa shape index (κ1) is 14.8. The molecule has 0 aromatic heterocycles. The predicted molar refractivity (Wildman–Crippen MR) is 75.0 cm³/mol. The second kappa shape index (κ2) is 7.20. The number of rotatable bonds is 7.